The number of rotatable bonds is 8. The Hall–Kier alpha value is -2.91. The predicted molar refractivity (Wildman–Crippen MR) is 105 cm³/mol. The number of hydrogen-bond donors (Lipinski definition) is 1. The average Bonchev–Trinajstić information content (AvgIpc) is 3.49. The van der Waals surface area contributed by atoms with Gasteiger partial charge in [-0.15, -0.1) is 0 Å². The highest BCUT2D eigenvalue weighted by Gasteiger charge is 2.24. The predicted octanol–water partition coefficient (Wildman–Crippen LogP) is 4.97. The second kappa shape index (κ2) is 8.97. The zero-order valence-electron chi connectivity index (χ0n) is 14.5. The van der Waals surface area contributed by atoms with E-state index in [1.54, 1.807) is 0 Å². The van der Waals surface area contributed by atoms with E-state index in [1.807, 2.05) is 85.0 Å². The number of epoxide rings is 1. The van der Waals surface area contributed by atoms with Gasteiger partial charge in [-0.2, -0.15) is 0 Å². The van der Waals surface area contributed by atoms with Crippen LogP contribution in [0.15, 0.2) is 84.0 Å². The molecule has 0 aliphatic carbocycles. The molecule has 132 valence electrons. The van der Waals surface area contributed by atoms with E-state index in [2.05, 4.69) is 0 Å². The molecule has 1 atom stereocenters. The third-order valence-corrected chi connectivity index (χ3v) is 4.24. The summed E-state index contributed by atoms with van der Waals surface area (Å²) in [5, 5.41) is 9.70. The van der Waals surface area contributed by atoms with Crippen molar-refractivity contribution in [3.63, 3.8) is 0 Å². The highest BCUT2D eigenvalue weighted by atomic mass is 16.6. The van der Waals surface area contributed by atoms with Crippen molar-refractivity contribution >= 4 is 18.1 Å². The van der Waals surface area contributed by atoms with Gasteiger partial charge in [-0.3, -0.25) is 0 Å². The van der Waals surface area contributed by atoms with E-state index in [-0.39, 0.29) is 6.10 Å². The van der Waals surface area contributed by atoms with Crippen LogP contribution in [-0.4, -0.2) is 23.8 Å². The highest BCUT2D eigenvalue weighted by Crippen LogP contribution is 2.23. The minimum absolute atomic E-state index is 0.210. The van der Waals surface area contributed by atoms with Crippen molar-refractivity contribution in [3.05, 3.63) is 95.1 Å². The largest absolute Gasteiger partial charge is 0.478 e. The number of aliphatic carboxylic acids is 1. The summed E-state index contributed by atoms with van der Waals surface area (Å²) >= 11 is 0. The van der Waals surface area contributed by atoms with Crippen molar-refractivity contribution in [2.24, 2.45) is 0 Å². The molecule has 2 aromatic rings. The fourth-order valence-electron chi connectivity index (χ4n) is 2.67. The maximum Gasteiger partial charge on any atom is 0.332 e. The number of ether oxygens (including phenoxy) is 1. The number of carboxylic acids is 1. The molecule has 2 aromatic carbocycles. The van der Waals surface area contributed by atoms with Gasteiger partial charge in [0.1, 0.15) is 0 Å². The van der Waals surface area contributed by atoms with Crippen LogP contribution in [0.2, 0.25) is 0 Å². The fraction of sp³-hybridized carbons (Fsp3) is 0.174. The molecule has 0 saturated carbocycles. The Balaban J connectivity index is 1.89. The number of hydrogen-bond acceptors (Lipinski definition) is 2. The molecule has 0 amide bonds. The van der Waals surface area contributed by atoms with Gasteiger partial charge in [0.05, 0.1) is 12.7 Å². The first-order chi connectivity index (χ1) is 12.7. The van der Waals surface area contributed by atoms with Gasteiger partial charge in [0.2, 0.25) is 0 Å². The third-order valence-electron chi connectivity index (χ3n) is 4.24. The molecule has 1 saturated heterocycles. The summed E-state index contributed by atoms with van der Waals surface area (Å²) in [6.07, 6.45) is 9.10. The van der Waals surface area contributed by atoms with E-state index in [9.17, 15) is 9.90 Å². The topological polar surface area (TPSA) is 49.8 Å². The van der Waals surface area contributed by atoms with E-state index in [0.29, 0.717) is 17.6 Å². The highest BCUT2D eigenvalue weighted by molar-refractivity contribution is 5.89. The van der Waals surface area contributed by atoms with Crippen LogP contribution in [0.5, 0.6) is 0 Å². The van der Waals surface area contributed by atoms with Gasteiger partial charge < -0.3 is 9.84 Å². The lowest BCUT2D eigenvalue weighted by molar-refractivity contribution is -0.132. The summed E-state index contributed by atoms with van der Waals surface area (Å²) in [6.45, 7) is 0.738. The van der Waals surface area contributed by atoms with E-state index in [0.717, 1.165) is 24.2 Å². The molecule has 0 bridgehead atoms. The van der Waals surface area contributed by atoms with Crippen molar-refractivity contribution in [3.8, 4) is 0 Å². The maximum atomic E-state index is 11.8. The summed E-state index contributed by atoms with van der Waals surface area (Å²) < 4.78 is 5.23. The molecule has 0 spiro atoms. The second-order valence-electron chi connectivity index (χ2n) is 6.22. The first kappa shape index (κ1) is 17.9. The standard InChI is InChI=1S/C23H22O3/c24-23(25)22(16-15-21-17-26-21)20(13-11-18-7-3-1-4-8-18)14-12-19-9-5-2-6-10-19/h1-14,21H,15-17H2,(H,24,25). The Labute approximate surface area is 153 Å². The summed E-state index contributed by atoms with van der Waals surface area (Å²) in [4.78, 5) is 11.8. The van der Waals surface area contributed by atoms with Gasteiger partial charge in [-0.25, -0.2) is 4.79 Å². The number of carboxylic acid groups (broad SMARTS) is 1. The lowest BCUT2D eigenvalue weighted by atomic mass is 9.99. The van der Waals surface area contributed by atoms with Crippen LogP contribution in [0.1, 0.15) is 24.0 Å². The minimum Gasteiger partial charge on any atom is -0.478 e. The second-order valence-corrected chi connectivity index (χ2v) is 6.22. The molecular weight excluding hydrogens is 324 g/mol. The quantitative estimate of drug-likeness (QED) is 0.417. The molecule has 1 aliphatic rings. The van der Waals surface area contributed by atoms with Crippen molar-refractivity contribution in [1.82, 2.24) is 0 Å². The van der Waals surface area contributed by atoms with Crippen molar-refractivity contribution in [2.45, 2.75) is 18.9 Å². The Morgan fingerprint density at radius 2 is 1.46 bits per heavy atom. The summed E-state index contributed by atoms with van der Waals surface area (Å²) in [5.74, 6) is -0.879. The summed E-state index contributed by atoms with van der Waals surface area (Å²) in [7, 11) is 0. The first-order valence-electron chi connectivity index (χ1n) is 8.76. The Kier molecular flexibility index (Phi) is 6.18. The molecular formula is C23H22O3. The molecule has 1 fully saturated rings. The van der Waals surface area contributed by atoms with Crippen molar-refractivity contribution in [2.75, 3.05) is 6.61 Å². The molecule has 0 radical (unpaired) electrons. The number of allylic oxidation sites excluding steroid dienone is 3. The Bertz CT molecular complexity index is 762. The van der Waals surface area contributed by atoms with Crippen LogP contribution in [-0.2, 0) is 9.53 Å². The van der Waals surface area contributed by atoms with E-state index in [4.69, 9.17) is 4.74 Å². The van der Waals surface area contributed by atoms with Crippen LogP contribution in [0.4, 0.5) is 0 Å². The minimum atomic E-state index is -0.879. The smallest absolute Gasteiger partial charge is 0.332 e. The van der Waals surface area contributed by atoms with E-state index < -0.39 is 5.97 Å². The third kappa shape index (κ3) is 5.57. The van der Waals surface area contributed by atoms with Crippen LogP contribution < -0.4 is 0 Å². The normalized spacial score (nSPS) is 16.1. The van der Waals surface area contributed by atoms with E-state index >= 15 is 0 Å². The van der Waals surface area contributed by atoms with Gasteiger partial charge in [0.25, 0.3) is 0 Å². The molecule has 1 unspecified atom stereocenters. The SMILES string of the molecule is O=C(O)C(CCC1CO1)=C(C=Cc1ccccc1)C=Cc1ccccc1. The Morgan fingerprint density at radius 1 is 0.962 bits per heavy atom. The summed E-state index contributed by atoms with van der Waals surface area (Å²) in [5.41, 5.74) is 3.20. The maximum absolute atomic E-state index is 11.8. The molecule has 3 rings (SSSR count). The van der Waals surface area contributed by atoms with Gasteiger partial charge >= 0.3 is 5.97 Å². The molecule has 26 heavy (non-hydrogen) atoms. The lowest BCUT2D eigenvalue weighted by Crippen LogP contribution is -2.05. The molecule has 1 N–H and O–H groups in total. The molecule has 0 aromatic heterocycles. The van der Waals surface area contributed by atoms with Gasteiger partial charge in [-0.1, -0.05) is 85.0 Å². The zero-order chi connectivity index (χ0) is 18.2. The van der Waals surface area contributed by atoms with Crippen molar-refractivity contribution in [1.29, 1.82) is 0 Å². The zero-order valence-corrected chi connectivity index (χ0v) is 14.5. The summed E-state index contributed by atoms with van der Waals surface area (Å²) in [6, 6.07) is 19.7. The monoisotopic (exact) mass is 346 g/mol. The van der Waals surface area contributed by atoms with Crippen LogP contribution >= 0.6 is 0 Å². The fourth-order valence-corrected chi connectivity index (χ4v) is 2.67. The van der Waals surface area contributed by atoms with Gasteiger partial charge in [-0.05, 0) is 29.5 Å². The van der Waals surface area contributed by atoms with E-state index in [1.165, 1.54) is 0 Å². The lowest BCUT2D eigenvalue weighted by Gasteiger charge is -2.06. The van der Waals surface area contributed by atoms with Crippen LogP contribution in [0.3, 0.4) is 0 Å². The number of carbonyl (C=O) groups is 1. The number of benzene rings is 2. The first-order valence-corrected chi connectivity index (χ1v) is 8.76. The van der Waals surface area contributed by atoms with Gasteiger partial charge in [0, 0.05) is 5.57 Å². The molecule has 1 heterocycles. The Morgan fingerprint density at radius 3 is 1.88 bits per heavy atom. The van der Waals surface area contributed by atoms with Gasteiger partial charge in [0.15, 0.2) is 0 Å². The van der Waals surface area contributed by atoms with Crippen molar-refractivity contribution < 1.29 is 14.6 Å². The average molecular weight is 346 g/mol. The molecule has 3 heteroatoms. The van der Waals surface area contributed by atoms with Crippen LogP contribution in [0, 0.1) is 0 Å². The van der Waals surface area contributed by atoms with Crippen LogP contribution in [0.25, 0.3) is 12.2 Å². The molecule has 1 aliphatic heterocycles. The molecule has 3 nitrogen and oxygen atoms in total.